The number of hydrogen-bond donors (Lipinski definition) is 1. The van der Waals surface area contributed by atoms with Crippen LogP contribution in [0.4, 0.5) is 0 Å². The normalized spacial score (nSPS) is 32.2. The highest BCUT2D eigenvalue weighted by Crippen LogP contribution is 2.42. The van der Waals surface area contributed by atoms with Crippen LogP contribution in [0.5, 0.6) is 0 Å². The number of thiophene rings is 1. The number of nitrogens with zero attached hydrogens (tertiary/aromatic N) is 1. The van der Waals surface area contributed by atoms with E-state index >= 15 is 0 Å². The molecule has 2 saturated heterocycles. The molecular formula is C16H22N2O2S. The maximum Gasteiger partial charge on any atom is 0.244 e. The van der Waals surface area contributed by atoms with E-state index in [2.05, 4.69) is 27.0 Å². The van der Waals surface area contributed by atoms with Gasteiger partial charge in [-0.05, 0) is 48.1 Å². The van der Waals surface area contributed by atoms with Crippen LogP contribution in [0.2, 0.25) is 0 Å². The number of ether oxygens (including phenoxy) is 1. The molecule has 3 aliphatic rings. The van der Waals surface area contributed by atoms with Crippen molar-refractivity contribution in [1.29, 1.82) is 0 Å². The second-order valence-electron chi connectivity index (χ2n) is 6.48. The first kappa shape index (κ1) is 13.7. The third-order valence-electron chi connectivity index (χ3n) is 5.18. The van der Waals surface area contributed by atoms with E-state index in [1.807, 2.05) is 0 Å². The van der Waals surface area contributed by atoms with Gasteiger partial charge < -0.3 is 9.64 Å². The largest absolute Gasteiger partial charge is 0.379 e. The topological polar surface area (TPSA) is 41.6 Å². The van der Waals surface area contributed by atoms with Gasteiger partial charge in [-0.3, -0.25) is 10.1 Å². The molecule has 1 saturated carbocycles. The van der Waals surface area contributed by atoms with Gasteiger partial charge in [0.05, 0.1) is 18.2 Å². The molecule has 5 heteroatoms. The Morgan fingerprint density at radius 2 is 2.19 bits per heavy atom. The van der Waals surface area contributed by atoms with Gasteiger partial charge in [0.2, 0.25) is 5.91 Å². The summed E-state index contributed by atoms with van der Waals surface area (Å²) >= 11 is 1.70. The Bertz CT molecular complexity index is 504. The van der Waals surface area contributed by atoms with E-state index < -0.39 is 0 Å². The molecule has 0 aromatic carbocycles. The molecule has 1 spiro atoms. The molecule has 1 aromatic rings. The Morgan fingerprint density at radius 1 is 1.33 bits per heavy atom. The maximum atomic E-state index is 13.1. The Balaban J connectivity index is 1.67. The van der Waals surface area contributed by atoms with Gasteiger partial charge >= 0.3 is 0 Å². The first-order valence-corrected chi connectivity index (χ1v) is 8.95. The molecule has 1 aliphatic carbocycles. The van der Waals surface area contributed by atoms with Crippen molar-refractivity contribution in [3.05, 3.63) is 22.4 Å². The molecule has 1 N–H and O–H groups in total. The van der Waals surface area contributed by atoms with Crippen LogP contribution in [0.15, 0.2) is 16.8 Å². The zero-order valence-corrected chi connectivity index (χ0v) is 13.0. The van der Waals surface area contributed by atoms with E-state index in [4.69, 9.17) is 4.74 Å². The highest BCUT2D eigenvalue weighted by molar-refractivity contribution is 7.08. The van der Waals surface area contributed by atoms with Crippen LogP contribution in [0.3, 0.4) is 0 Å². The predicted molar refractivity (Wildman–Crippen MR) is 82.1 cm³/mol. The Labute approximate surface area is 129 Å². The average molecular weight is 306 g/mol. The summed E-state index contributed by atoms with van der Waals surface area (Å²) in [7, 11) is 0. The van der Waals surface area contributed by atoms with E-state index in [1.54, 1.807) is 11.3 Å². The summed E-state index contributed by atoms with van der Waals surface area (Å²) in [5.74, 6) is 0.312. The van der Waals surface area contributed by atoms with Crippen LogP contribution in [-0.2, 0) is 9.53 Å². The lowest BCUT2D eigenvalue weighted by Crippen LogP contribution is -2.47. The maximum absolute atomic E-state index is 13.1. The number of nitrogens with one attached hydrogen (secondary N) is 1. The lowest BCUT2D eigenvalue weighted by Gasteiger charge is -2.35. The van der Waals surface area contributed by atoms with Gasteiger partial charge in [-0.25, -0.2) is 0 Å². The Hall–Kier alpha value is -0.910. The third-order valence-corrected chi connectivity index (χ3v) is 5.88. The average Bonchev–Trinajstić information content (AvgIpc) is 3.24. The second kappa shape index (κ2) is 5.38. The van der Waals surface area contributed by atoms with Crippen LogP contribution in [-0.4, -0.2) is 35.6 Å². The van der Waals surface area contributed by atoms with Crippen LogP contribution in [0.25, 0.3) is 0 Å². The summed E-state index contributed by atoms with van der Waals surface area (Å²) < 4.78 is 5.64. The Kier molecular flexibility index (Phi) is 3.52. The predicted octanol–water partition coefficient (Wildman–Crippen LogP) is 2.67. The van der Waals surface area contributed by atoms with Gasteiger partial charge in [0.25, 0.3) is 0 Å². The lowest BCUT2D eigenvalue weighted by molar-refractivity contribution is -0.138. The summed E-state index contributed by atoms with van der Waals surface area (Å²) in [6, 6.07) is 2.36. The molecule has 1 aromatic heterocycles. The fourth-order valence-electron chi connectivity index (χ4n) is 4.09. The number of rotatable bonds is 2. The SMILES string of the molecule is O=C1N(C2CCCOC2)C(c2ccsc2)NC12CCCC2. The molecule has 0 bridgehead atoms. The quantitative estimate of drug-likeness (QED) is 0.913. The van der Waals surface area contributed by atoms with Crippen LogP contribution in [0.1, 0.15) is 50.3 Å². The van der Waals surface area contributed by atoms with Crippen molar-refractivity contribution in [1.82, 2.24) is 10.2 Å². The molecule has 3 heterocycles. The molecule has 1 amide bonds. The number of hydrogen-bond acceptors (Lipinski definition) is 4. The monoisotopic (exact) mass is 306 g/mol. The van der Waals surface area contributed by atoms with Crippen molar-refractivity contribution in [2.45, 2.75) is 56.3 Å². The smallest absolute Gasteiger partial charge is 0.244 e. The summed E-state index contributed by atoms with van der Waals surface area (Å²) in [5, 5.41) is 7.95. The fourth-order valence-corrected chi connectivity index (χ4v) is 4.77. The summed E-state index contributed by atoms with van der Waals surface area (Å²) in [5.41, 5.74) is 0.923. The fraction of sp³-hybridized carbons (Fsp3) is 0.688. The van der Waals surface area contributed by atoms with Gasteiger partial charge in [0, 0.05) is 6.61 Å². The number of amides is 1. The number of carbonyl (C=O) groups is 1. The van der Waals surface area contributed by atoms with Crippen molar-refractivity contribution in [3.63, 3.8) is 0 Å². The molecule has 2 unspecified atom stereocenters. The van der Waals surface area contributed by atoms with Crippen molar-refractivity contribution >= 4 is 17.2 Å². The van der Waals surface area contributed by atoms with Crippen LogP contribution < -0.4 is 5.32 Å². The summed E-state index contributed by atoms with van der Waals surface area (Å²) in [6.07, 6.45) is 6.43. The molecule has 4 nitrogen and oxygen atoms in total. The van der Waals surface area contributed by atoms with E-state index in [0.29, 0.717) is 12.5 Å². The first-order chi connectivity index (χ1) is 10.3. The summed E-state index contributed by atoms with van der Waals surface area (Å²) in [4.78, 5) is 15.2. The van der Waals surface area contributed by atoms with Crippen LogP contribution >= 0.6 is 11.3 Å². The van der Waals surface area contributed by atoms with E-state index in [-0.39, 0.29) is 17.7 Å². The minimum absolute atomic E-state index is 0.0357. The standard InChI is InChI=1S/C16H22N2O2S/c19-15-16(6-1-2-7-16)17-14(12-5-9-21-11-12)18(15)13-4-3-8-20-10-13/h5,9,11,13-14,17H,1-4,6-8,10H2. The van der Waals surface area contributed by atoms with Crippen molar-refractivity contribution in [3.8, 4) is 0 Å². The lowest BCUT2D eigenvalue weighted by atomic mass is 9.97. The molecule has 0 radical (unpaired) electrons. The van der Waals surface area contributed by atoms with E-state index in [9.17, 15) is 4.79 Å². The minimum atomic E-state index is -0.302. The van der Waals surface area contributed by atoms with Crippen molar-refractivity contribution < 1.29 is 9.53 Å². The molecule has 114 valence electrons. The third kappa shape index (κ3) is 2.22. The van der Waals surface area contributed by atoms with Gasteiger partial charge in [0.1, 0.15) is 6.17 Å². The first-order valence-electron chi connectivity index (χ1n) is 8.00. The summed E-state index contributed by atoms with van der Waals surface area (Å²) in [6.45, 7) is 1.52. The molecular weight excluding hydrogens is 284 g/mol. The zero-order valence-electron chi connectivity index (χ0n) is 12.2. The van der Waals surface area contributed by atoms with Gasteiger partial charge in [0.15, 0.2) is 0 Å². The van der Waals surface area contributed by atoms with Gasteiger partial charge in [-0.15, -0.1) is 0 Å². The molecule has 3 fully saturated rings. The van der Waals surface area contributed by atoms with Gasteiger partial charge in [-0.1, -0.05) is 12.8 Å². The second-order valence-corrected chi connectivity index (χ2v) is 7.26. The highest BCUT2D eigenvalue weighted by atomic mass is 32.1. The minimum Gasteiger partial charge on any atom is -0.379 e. The van der Waals surface area contributed by atoms with Gasteiger partial charge in [-0.2, -0.15) is 11.3 Å². The Morgan fingerprint density at radius 3 is 2.86 bits per heavy atom. The highest BCUT2D eigenvalue weighted by Gasteiger charge is 2.54. The van der Waals surface area contributed by atoms with E-state index in [0.717, 1.165) is 45.1 Å². The zero-order chi connectivity index (χ0) is 14.3. The van der Waals surface area contributed by atoms with Crippen LogP contribution in [0, 0.1) is 0 Å². The molecule has 21 heavy (non-hydrogen) atoms. The van der Waals surface area contributed by atoms with Crippen molar-refractivity contribution in [2.24, 2.45) is 0 Å². The molecule has 4 rings (SSSR count). The number of carbonyl (C=O) groups excluding carboxylic acids is 1. The molecule has 2 atom stereocenters. The molecule has 2 aliphatic heterocycles. The van der Waals surface area contributed by atoms with E-state index in [1.165, 1.54) is 5.56 Å². The van der Waals surface area contributed by atoms with Crippen molar-refractivity contribution in [2.75, 3.05) is 13.2 Å².